The number of nitrogens with one attached hydrogen (secondary N) is 1. The molecule has 1 atom stereocenters. The topological polar surface area (TPSA) is 33.1 Å². The van der Waals surface area contributed by atoms with Crippen LogP contribution < -0.4 is 5.32 Å². The smallest absolute Gasteiger partial charge is 0.0625 e. The fourth-order valence-corrected chi connectivity index (χ4v) is 3.31. The van der Waals surface area contributed by atoms with Crippen LogP contribution in [0.3, 0.4) is 0 Å². The van der Waals surface area contributed by atoms with E-state index in [0.717, 1.165) is 25.4 Å². The van der Waals surface area contributed by atoms with E-state index in [1.54, 1.807) is 0 Å². The van der Waals surface area contributed by atoms with Crippen molar-refractivity contribution in [2.45, 2.75) is 59.5 Å². The van der Waals surface area contributed by atoms with Gasteiger partial charge in [-0.15, -0.1) is 0 Å². The van der Waals surface area contributed by atoms with Crippen molar-refractivity contribution < 1.29 is 0 Å². The van der Waals surface area contributed by atoms with Gasteiger partial charge in [-0.2, -0.15) is 5.10 Å². The summed E-state index contributed by atoms with van der Waals surface area (Å²) >= 11 is 0. The van der Waals surface area contributed by atoms with Crippen LogP contribution in [-0.2, 0) is 19.5 Å². The highest BCUT2D eigenvalue weighted by Gasteiger charge is 2.18. The third kappa shape index (κ3) is 4.82. The lowest BCUT2D eigenvalue weighted by Crippen LogP contribution is -2.38. The number of hydrogen-bond acceptors (Lipinski definition) is 3. The van der Waals surface area contributed by atoms with Gasteiger partial charge in [0, 0.05) is 19.6 Å². The predicted octanol–water partition coefficient (Wildman–Crippen LogP) is 2.68. The molecule has 1 unspecified atom stereocenters. The quantitative estimate of drug-likeness (QED) is 0.799. The third-order valence-corrected chi connectivity index (χ3v) is 4.42. The lowest BCUT2D eigenvalue weighted by Gasteiger charge is -2.30. The molecule has 1 N–H and O–H groups in total. The second-order valence-corrected chi connectivity index (χ2v) is 6.24. The maximum absolute atomic E-state index is 4.68. The molecule has 1 aliphatic heterocycles. The Hall–Kier alpha value is -0.870. The third-order valence-electron chi connectivity index (χ3n) is 4.42. The van der Waals surface area contributed by atoms with E-state index < -0.39 is 0 Å². The van der Waals surface area contributed by atoms with Gasteiger partial charge in [-0.05, 0) is 64.2 Å². The van der Waals surface area contributed by atoms with Gasteiger partial charge in [0.1, 0.15) is 0 Å². The first kappa shape index (κ1) is 16.5. The molecule has 2 heterocycles. The maximum Gasteiger partial charge on any atom is 0.0625 e. The molecule has 4 nitrogen and oxygen atoms in total. The molecule has 1 aromatic rings. The van der Waals surface area contributed by atoms with Gasteiger partial charge in [0.25, 0.3) is 0 Å². The Morgan fingerprint density at radius 1 is 1.38 bits per heavy atom. The van der Waals surface area contributed by atoms with Crippen LogP contribution in [0, 0.1) is 5.92 Å². The van der Waals surface area contributed by atoms with Crippen molar-refractivity contribution in [1.29, 1.82) is 0 Å². The van der Waals surface area contributed by atoms with Gasteiger partial charge in [0.05, 0.1) is 11.4 Å². The summed E-state index contributed by atoms with van der Waals surface area (Å²) in [4.78, 5) is 2.63. The van der Waals surface area contributed by atoms with E-state index in [1.165, 1.54) is 56.8 Å². The van der Waals surface area contributed by atoms with Crippen molar-refractivity contribution in [3.8, 4) is 0 Å². The zero-order valence-electron chi connectivity index (χ0n) is 14.1. The number of aromatic nitrogens is 2. The summed E-state index contributed by atoms with van der Waals surface area (Å²) in [5.74, 6) is 0.814. The summed E-state index contributed by atoms with van der Waals surface area (Å²) in [5.41, 5.74) is 2.61. The average Bonchev–Trinajstić information content (AvgIpc) is 2.90. The van der Waals surface area contributed by atoms with Crippen molar-refractivity contribution >= 4 is 0 Å². The van der Waals surface area contributed by atoms with E-state index in [4.69, 9.17) is 0 Å². The van der Waals surface area contributed by atoms with Gasteiger partial charge in [0.2, 0.25) is 0 Å². The summed E-state index contributed by atoms with van der Waals surface area (Å²) in [6, 6.07) is 2.30. The van der Waals surface area contributed by atoms with Crippen molar-refractivity contribution in [2.75, 3.05) is 26.2 Å². The maximum atomic E-state index is 4.68. The molecule has 2 rings (SSSR count). The molecule has 0 bridgehead atoms. The Balaban J connectivity index is 1.99. The summed E-state index contributed by atoms with van der Waals surface area (Å²) < 4.78 is 2.18. The minimum absolute atomic E-state index is 0.814. The van der Waals surface area contributed by atoms with Crippen LogP contribution in [0.25, 0.3) is 0 Å². The summed E-state index contributed by atoms with van der Waals surface area (Å²) in [6.07, 6.45) is 4.96. The number of rotatable bonds is 8. The van der Waals surface area contributed by atoms with E-state index in [0.29, 0.717) is 0 Å². The lowest BCUT2D eigenvalue weighted by atomic mass is 9.99. The number of nitrogens with zero attached hydrogens (tertiary/aromatic N) is 3. The van der Waals surface area contributed by atoms with Gasteiger partial charge >= 0.3 is 0 Å². The molecule has 1 fully saturated rings. The van der Waals surface area contributed by atoms with Crippen LogP contribution in [0.2, 0.25) is 0 Å². The Kier molecular flexibility index (Phi) is 6.71. The van der Waals surface area contributed by atoms with Gasteiger partial charge in [-0.25, -0.2) is 0 Å². The Morgan fingerprint density at radius 3 is 2.86 bits per heavy atom. The van der Waals surface area contributed by atoms with Crippen LogP contribution in [0.15, 0.2) is 6.07 Å². The number of hydrogen-bond donors (Lipinski definition) is 1. The monoisotopic (exact) mass is 292 g/mol. The minimum atomic E-state index is 0.814. The highest BCUT2D eigenvalue weighted by atomic mass is 15.3. The highest BCUT2D eigenvalue weighted by Crippen LogP contribution is 2.15. The zero-order chi connectivity index (χ0) is 15.1. The van der Waals surface area contributed by atoms with Crippen LogP contribution >= 0.6 is 0 Å². The molecule has 120 valence electrons. The number of aryl methyl sites for hydroxylation is 2. The molecule has 0 aromatic carbocycles. The molecular formula is C17H32N4. The van der Waals surface area contributed by atoms with E-state index >= 15 is 0 Å². The normalized spacial score (nSPS) is 19.3. The molecule has 1 saturated heterocycles. The summed E-state index contributed by atoms with van der Waals surface area (Å²) in [7, 11) is 0. The lowest BCUT2D eigenvalue weighted by molar-refractivity contribution is 0.197. The molecule has 1 aromatic heterocycles. The zero-order valence-corrected chi connectivity index (χ0v) is 14.1. The first-order valence-corrected chi connectivity index (χ1v) is 8.75. The van der Waals surface area contributed by atoms with E-state index in [9.17, 15) is 0 Å². The molecule has 21 heavy (non-hydrogen) atoms. The second kappa shape index (κ2) is 8.54. The first-order chi connectivity index (χ1) is 10.3. The molecule has 0 saturated carbocycles. The van der Waals surface area contributed by atoms with Crippen molar-refractivity contribution in [2.24, 2.45) is 5.92 Å². The van der Waals surface area contributed by atoms with E-state index in [2.05, 4.69) is 46.8 Å². The standard InChI is InChI=1S/C17H32N4/c1-4-10-20(13-15-8-7-9-18-12-15)14-17-11-16(5-2)19-21(17)6-3/h11,15,18H,4-10,12-14H2,1-3H3. The van der Waals surface area contributed by atoms with Crippen LogP contribution in [0.5, 0.6) is 0 Å². The highest BCUT2D eigenvalue weighted by molar-refractivity contribution is 5.10. The molecule has 0 amide bonds. The fraction of sp³-hybridized carbons (Fsp3) is 0.824. The van der Waals surface area contributed by atoms with Crippen LogP contribution in [0.1, 0.15) is 51.4 Å². The van der Waals surface area contributed by atoms with Crippen molar-refractivity contribution in [1.82, 2.24) is 20.0 Å². The van der Waals surface area contributed by atoms with Gasteiger partial charge < -0.3 is 5.32 Å². The fourth-order valence-electron chi connectivity index (χ4n) is 3.31. The van der Waals surface area contributed by atoms with Crippen LogP contribution in [0.4, 0.5) is 0 Å². The summed E-state index contributed by atoms with van der Waals surface area (Å²) in [6.45, 7) is 13.5. The van der Waals surface area contributed by atoms with E-state index in [1.807, 2.05) is 0 Å². The van der Waals surface area contributed by atoms with Gasteiger partial charge in [-0.1, -0.05) is 13.8 Å². The average molecular weight is 292 g/mol. The predicted molar refractivity (Wildman–Crippen MR) is 88.4 cm³/mol. The van der Waals surface area contributed by atoms with Crippen molar-refractivity contribution in [3.05, 3.63) is 17.5 Å². The molecule has 0 spiro atoms. The molecule has 1 aliphatic rings. The SMILES string of the molecule is CCCN(Cc1cc(CC)nn1CC)CC1CCCNC1. The molecule has 0 radical (unpaired) electrons. The van der Waals surface area contributed by atoms with E-state index in [-0.39, 0.29) is 0 Å². The second-order valence-electron chi connectivity index (χ2n) is 6.24. The molecular weight excluding hydrogens is 260 g/mol. The minimum Gasteiger partial charge on any atom is -0.316 e. The van der Waals surface area contributed by atoms with Gasteiger partial charge in [-0.3, -0.25) is 9.58 Å². The number of piperidine rings is 1. The summed E-state index contributed by atoms with van der Waals surface area (Å²) in [5, 5.41) is 8.22. The van der Waals surface area contributed by atoms with Crippen LogP contribution in [-0.4, -0.2) is 40.9 Å². The largest absolute Gasteiger partial charge is 0.316 e. The molecule has 0 aliphatic carbocycles. The Bertz CT molecular complexity index is 407. The first-order valence-electron chi connectivity index (χ1n) is 8.75. The Morgan fingerprint density at radius 2 is 2.24 bits per heavy atom. The Labute approximate surface area is 129 Å². The van der Waals surface area contributed by atoms with Crippen molar-refractivity contribution in [3.63, 3.8) is 0 Å². The van der Waals surface area contributed by atoms with Gasteiger partial charge in [0.15, 0.2) is 0 Å². The molecule has 4 heteroatoms.